The lowest BCUT2D eigenvalue weighted by Crippen LogP contribution is -2.52. The highest BCUT2D eigenvalue weighted by molar-refractivity contribution is 5.86. The molecule has 0 aliphatic rings. The van der Waals surface area contributed by atoms with Crippen LogP contribution in [0, 0.1) is 18.8 Å². The minimum atomic E-state index is -0.735. The number of rotatable bonds is 11. The van der Waals surface area contributed by atoms with Crippen molar-refractivity contribution in [1.29, 1.82) is 0 Å². The molecule has 0 spiro atoms. The molecule has 0 unspecified atom stereocenters. The molecule has 8 nitrogen and oxygen atoms in total. The maximum Gasteiger partial charge on any atom is 0.408 e. The lowest BCUT2D eigenvalue weighted by Gasteiger charge is -2.31. The number of benzene rings is 1. The van der Waals surface area contributed by atoms with E-state index in [4.69, 9.17) is 9.47 Å². The van der Waals surface area contributed by atoms with Crippen molar-refractivity contribution in [2.75, 3.05) is 13.1 Å². The van der Waals surface area contributed by atoms with Crippen LogP contribution in [0.5, 0.6) is 5.75 Å². The number of hydrogen-bond donors (Lipinski definition) is 1. The molecule has 0 radical (unpaired) electrons. The van der Waals surface area contributed by atoms with E-state index in [0.717, 1.165) is 22.7 Å². The average Bonchev–Trinajstić information content (AvgIpc) is 3.06. The molecule has 1 heterocycles. The van der Waals surface area contributed by atoms with E-state index in [2.05, 4.69) is 38.1 Å². The molecule has 200 valence electrons. The molecule has 0 saturated heterocycles. The summed E-state index contributed by atoms with van der Waals surface area (Å²) in [5.41, 5.74) is 2.20. The molecular formula is C28H44N4O4. The van der Waals surface area contributed by atoms with Gasteiger partial charge in [0.2, 0.25) is 5.91 Å². The van der Waals surface area contributed by atoms with Crippen molar-refractivity contribution in [2.45, 2.75) is 80.1 Å². The second-order valence-corrected chi connectivity index (χ2v) is 11.3. The molecule has 0 aliphatic carbocycles. The fourth-order valence-electron chi connectivity index (χ4n) is 3.92. The summed E-state index contributed by atoms with van der Waals surface area (Å²) in [6, 6.07) is 8.88. The summed E-state index contributed by atoms with van der Waals surface area (Å²) in [4.78, 5) is 28.1. The summed E-state index contributed by atoms with van der Waals surface area (Å²) >= 11 is 0. The number of amides is 2. The predicted molar refractivity (Wildman–Crippen MR) is 142 cm³/mol. The lowest BCUT2D eigenvalue weighted by atomic mass is 10.0. The van der Waals surface area contributed by atoms with Crippen LogP contribution in [0.2, 0.25) is 0 Å². The highest BCUT2D eigenvalue weighted by Gasteiger charge is 2.29. The molecule has 1 N–H and O–H groups in total. The van der Waals surface area contributed by atoms with Crippen LogP contribution in [0.15, 0.2) is 30.3 Å². The predicted octanol–water partition coefficient (Wildman–Crippen LogP) is 4.88. The van der Waals surface area contributed by atoms with Crippen LogP contribution in [-0.2, 0) is 29.6 Å². The topological polar surface area (TPSA) is 85.7 Å². The Morgan fingerprint density at radius 2 is 1.64 bits per heavy atom. The quantitative estimate of drug-likeness (QED) is 0.475. The fourth-order valence-corrected chi connectivity index (χ4v) is 3.92. The molecule has 0 bridgehead atoms. The van der Waals surface area contributed by atoms with Gasteiger partial charge in [0.25, 0.3) is 0 Å². The number of carbonyl (C=O) groups excluding carboxylic acids is 2. The van der Waals surface area contributed by atoms with Gasteiger partial charge in [0.15, 0.2) is 0 Å². The first kappa shape index (κ1) is 29.2. The van der Waals surface area contributed by atoms with Gasteiger partial charge in [0, 0.05) is 26.6 Å². The number of aryl methyl sites for hydroxylation is 2. The molecule has 2 rings (SSSR count). The zero-order valence-electron chi connectivity index (χ0n) is 23.4. The minimum Gasteiger partial charge on any atom is -0.487 e. The van der Waals surface area contributed by atoms with Crippen LogP contribution < -0.4 is 10.1 Å². The van der Waals surface area contributed by atoms with Crippen molar-refractivity contribution in [3.8, 4) is 5.75 Å². The van der Waals surface area contributed by atoms with Crippen molar-refractivity contribution in [1.82, 2.24) is 20.0 Å². The monoisotopic (exact) mass is 500 g/mol. The number of ether oxygens (including phenoxy) is 2. The van der Waals surface area contributed by atoms with Crippen LogP contribution in [0.25, 0.3) is 0 Å². The van der Waals surface area contributed by atoms with Crippen molar-refractivity contribution in [3.63, 3.8) is 0 Å². The highest BCUT2D eigenvalue weighted by Crippen LogP contribution is 2.17. The van der Waals surface area contributed by atoms with Crippen molar-refractivity contribution < 1.29 is 19.1 Å². The van der Waals surface area contributed by atoms with E-state index in [1.54, 1.807) is 20.8 Å². The van der Waals surface area contributed by atoms with Crippen molar-refractivity contribution in [2.24, 2.45) is 18.9 Å². The number of hydrogen-bond acceptors (Lipinski definition) is 5. The molecule has 0 saturated carbocycles. The summed E-state index contributed by atoms with van der Waals surface area (Å²) in [5, 5.41) is 7.16. The molecule has 1 aromatic heterocycles. The number of alkyl carbamates (subject to hydrolysis) is 1. The van der Waals surface area contributed by atoms with Gasteiger partial charge in [-0.25, -0.2) is 4.79 Å². The number of aromatic nitrogens is 2. The van der Waals surface area contributed by atoms with Crippen LogP contribution in [-0.4, -0.2) is 51.4 Å². The molecule has 2 aromatic rings. The SMILES string of the molecule is Cc1cc(COc2ccc(C[C@H](NC(=O)OC(C)(C)C)C(=O)N(CC(C)C)CC(C)C)cc2)n(C)n1. The van der Waals surface area contributed by atoms with E-state index in [-0.39, 0.29) is 5.91 Å². The third-order valence-electron chi connectivity index (χ3n) is 5.32. The summed E-state index contributed by atoms with van der Waals surface area (Å²) < 4.78 is 13.2. The molecule has 1 atom stereocenters. The Morgan fingerprint density at radius 1 is 1.06 bits per heavy atom. The van der Waals surface area contributed by atoms with E-state index in [0.29, 0.717) is 38.0 Å². The first-order valence-corrected chi connectivity index (χ1v) is 12.7. The Kier molecular flexibility index (Phi) is 10.4. The second-order valence-electron chi connectivity index (χ2n) is 11.3. The smallest absolute Gasteiger partial charge is 0.408 e. The van der Waals surface area contributed by atoms with Gasteiger partial charge < -0.3 is 19.7 Å². The van der Waals surface area contributed by atoms with E-state index in [1.807, 2.05) is 53.9 Å². The van der Waals surface area contributed by atoms with Gasteiger partial charge in [0.05, 0.1) is 11.4 Å². The van der Waals surface area contributed by atoms with Gasteiger partial charge in [-0.3, -0.25) is 9.48 Å². The van der Waals surface area contributed by atoms with Gasteiger partial charge in [-0.1, -0.05) is 39.8 Å². The number of nitrogens with zero attached hydrogens (tertiary/aromatic N) is 3. The molecule has 36 heavy (non-hydrogen) atoms. The zero-order valence-corrected chi connectivity index (χ0v) is 23.4. The van der Waals surface area contributed by atoms with E-state index in [1.165, 1.54) is 0 Å². The molecule has 1 aromatic carbocycles. The fraction of sp³-hybridized carbons (Fsp3) is 0.607. The van der Waals surface area contributed by atoms with Crippen LogP contribution >= 0.6 is 0 Å². The van der Waals surface area contributed by atoms with E-state index >= 15 is 0 Å². The maximum absolute atomic E-state index is 13.6. The van der Waals surface area contributed by atoms with Gasteiger partial charge in [-0.15, -0.1) is 0 Å². The molecule has 0 aliphatic heterocycles. The average molecular weight is 501 g/mol. The van der Waals surface area contributed by atoms with Crippen LogP contribution in [0.1, 0.15) is 65.4 Å². The van der Waals surface area contributed by atoms with E-state index in [9.17, 15) is 9.59 Å². The lowest BCUT2D eigenvalue weighted by molar-refractivity contribution is -0.134. The Labute approximate surface area is 216 Å². The third-order valence-corrected chi connectivity index (χ3v) is 5.32. The summed E-state index contributed by atoms with van der Waals surface area (Å²) in [6.45, 7) is 17.4. The Morgan fingerprint density at radius 3 is 2.11 bits per heavy atom. The first-order chi connectivity index (χ1) is 16.7. The van der Waals surface area contributed by atoms with Gasteiger partial charge in [-0.05, 0) is 63.3 Å². The molecule has 2 amide bonds. The van der Waals surface area contributed by atoms with Gasteiger partial charge >= 0.3 is 6.09 Å². The first-order valence-electron chi connectivity index (χ1n) is 12.7. The normalized spacial score (nSPS) is 12.5. The standard InChI is InChI=1S/C28H44N4O4/c1-19(2)16-32(17-20(3)4)26(33)25(29-27(34)36-28(6,7)8)15-22-10-12-24(13-11-22)35-18-23-14-21(5)30-31(23)9/h10-14,19-20,25H,15-18H2,1-9H3,(H,29,34)/t25-/m0/s1. The largest absolute Gasteiger partial charge is 0.487 e. The summed E-state index contributed by atoms with van der Waals surface area (Å²) in [5.74, 6) is 1.25. The Hall–Kier alpha value is -3.03. The van der Waals surface area contributed by atoms with Crippen LogP contribution in [0.3, 0.4) is 0 Å². The summed E-state index contributed by atoms with van der Waals surface area (Å²) in [6.07, 6.45) is -0.243. The Bertz CT molecular complexity index is 980. The van der Waals surface area contributed by atoms with Gasteiger partial charge in [0.1, 0.15) is 24.0 Å². The van der Waals surface area contributed by atoms with E-state index < -0.39 is 17.7 Å². The molecular weight excluding hydrogens is 456 g/mol. The van der Waals surface area contributed by atoms with Gasteiger partial charge in [-0.2, -0.15) is 5.10 Å². The number of nitrogens with one attached hydrogen (secondary N) is 1. The highest BCUT2D eigenvalue weighted by atomic mass is 16.6. The maximum atomic E-state index is 13.6. The minimum absolute atomic E-state index is 0.102. The van der Waals surface area contributed by atoms with Crippen LogP contribution in [0.4, 0.5) is 4.79 Å². The summed E-state index contributed by atoms with van der Waals surface area (Å²) in [7, 11) is 1.89. The van der Waals surface area contributed by atoms with Crippen molar-refractivity contribution >= 4 is 12.0 Å². The number of carbonyl (C=O) groups is 2. The molecule has 0 fully saturated rings. The molecule has 8 heteroatoms. The van der Waals surface area contributed by atoms with Crippen molar-refractivity contribution in [3.05, 3.63) is 47.3 Å². The second kappa shape index (κ2) is 12.8. The Balaban J connectivity index is 2.16. The zero-order chi connectivity index (χ0) is 27.0. The third kappa shape index (κ3) is 9.91.